The molecule has 0 aromatic heterocycles. The van der Waals surface area contributed by atoms with Crippen LogP contribution in [0.1, 0.15) is 32.1 Å². The van der Waals surface area contributed by atoms with Crippen LogP contribution in [0.15, 0.2) is 37.0 Å². The number of hydrogen-bond donors (Lipinski definition) is 2. The molecule has 0 aliphatic heterocycles. The number of hydrogen-bond acceptors (Lipinski definition) is 5. The lowest BCUT2D eigenvalue weighted by Gasteiger charge is -2.43. The van der Waals surface area contributed by atoms with Crippen molar-refractivity contribution in [3.05, 3.63) is 37.0 Å². The highest BCUT2D eigenvalue weighted by Gasteiger charge is 2.49. The third-order valence-corrected chi connectivity index (χ3v) is 15.9. The summed E-state index contributed by atoms with van der Waals surface area (Å²) in [6.45, 7) is 29.9. The Balaban J connectivity index is 0. The van der Waals surface area contributed by atoms with Gasteiger partial charge in [-0.15, -0.1) is 6.58 Å². The van der Waals surface area contributed by atoms with Gasteiger partial charge in [-0.05, 0) is 91.0 Å². The molecule has 0 fully saturated rings. The van der Waals surface area contributed by atoms with Crippen molar-refractivity contribution >= 4 is 45.7 Å². The van der Waals surface area contributed by atoms with E-state index in [4.69, 9.17) is 22.6 Å². The van der Waals surface area contributed by atoms with Gasteiger partial charge in [0, 0.05) is 17.2 Å². The Hall–Kier alpha value is -1.09. The van der Waals surface area contributed by atoms with E-state index in [1.807, 2.05) is 0 Å². The van der Waals surface area contributed by atoms with Gasteiger partial charge in [0.15, 0.2) is 25.0 Å². The first kappa shape index (κ1) is 35.1. The van der Waals surface area contributed by atoms with Gasteiger partial charge in [-0.3, -0.25) is 0 Å². The summed E-state index contributed by atoms with van der Waals surface area (Å²) in [6.07, 6.45) is 4.95. The molecule has 34 heavy (non-hydrogen) atoms. The summed E-state index contributed by atoms with van der Waals surface area (Å²) in [5, 5.41) is 17.2. The summed E-state index contributed by atoms with van der Waals surface area (Å²) >= 11 is 0. The third-order valence-electron chi connectivity index (χ3n) is 3.85. The molecule has 0 atom stereocenters. The van der Waals surface area contributed by atoms with E-state index in [1.54, 1.807) is 6.08 Å². The number of carboxylic acid groups (broad SMARTS) is 2. The summed E-state index contributed by atoms with van der Waals surface area (Å²) in [7, 11) is -8.34. The molecular weight excluding hydrogens is 501 g/mol. The Bertz CT molecular complexity index is 661. The first-order valence-corrected chi connectivity index (χ1v) is 23.8. The number of rotatable bonds is 16. The van der Waals surface area contributed by atoms with Gasteiger partial charge in [-0.1, -0.05) is 19.2 Å². The van der Waals surface area contributed by atoms with Crippen LogP contribution >= 0.6 is 0 Å². The van der Waals surface area contributed by atoms with Gasteiger partial charge in [-0.2, -0.15) is 0 Å². The van der Waals surface area contributed by atoms with E-state index in [0.29, 0.717) is 19.3 Å². The first-order valence-electron chi connectivity index (χ1n) is 11.7. The van der Waals surface area contributed by atoms with Crippen LogP contribution in [0.3, 0.4) is 0 Å². The molecule has 0 radical (unpaired) electrons. The lowest BCUT2D eigenvalue weighted by atomic mass is 10.1. The Morgan fingerprint density at radius 1 is 0.706 bits per heavy atom. The minimum absolute atomic E-state index is 0.245. The Labute approximate surface area is 211 Å². The smallest absolute Gasteiger partial charge is 0.469 e. The summed E-state index contributed by atoms with van der Waals surface area (Å²) < 4.78 is 19.8. The van der Waals surface area contributed by atoms with Crippen molar-refractivity contribution < 1.29 is 32.1 Å². The zero-order valence-electron chi connectivity index (χ0n) is 22.9. The number of allylic oxidation sites excluding steroid dienone is 1. The molecule has 0 saturated heterocycles. The van der Waals surface area contributed by atoms with Crippen LogP contribution < -0.4 is 0 Å². The molecule has 0 saturated carbocycles. The molecule has 0 spiro atoms. The highest BCUT2D eigenvalue weighted by atomic mass is 28.5. The molecule has 0 aliphatic carbocycles. The van der Waals surface area contributed by atoms with Crippen LogP contribution in [0, 0.1) is 0 Å². The van der Waals surface area contributed by atoms with Crippen molar-refractivity contribution in [2.75, 3.05) is 0 Å². The predicted molar refractivity (Wildman–Crippen MR) is 151 cm³/mol. The van der Waals surface area contributed by atoms with Crippen LogP contribution in [0.25, 0.3) is 0 Å². The van der Waals surface area contributed by atoms with Gasteiger partial charge in [0.05, 0.1) is 0 Å². The van der Waals surface area contributed by atoms with Crippen LogP contribution in [0.2, 0.25) is 65.0 Å². The van der Waals surface area contributed by atoms with Crippen molar-refractivity contribution in [3.63, 3.8) is 0 Å². The Kier molecular flexibility index (Phi) is 15.6. The van der Waals surface area contributed by atoms with Gasteiger partial charge in [-0.25, -0.2) is 9.59 Å². The molecule has 198 valence electrons. The molecule has 2 N–H and O–H groups in total. The maximum Gasteiger partial charge on any atom is 0.469 e. The van der Waals surface area contributed by atoms with Crippen LogP contribution in [-0.4, -0.2) is 55.9 Å². The van der Waals surface area contributed by atoms with Gasteiger partial charge >= 0.3 is 20.7 Å². The fourth-order valence-electron chi connectivity index (χ4n) is 2.79. The van der Waals surface area contributed by atoms with E-state index >= 15 is 0 Å². The summed E-state index contributed by atoms with van der Waals surface area (Å²) in [4.78, 5) is 21.0. The minimum atomic E-state index is -2.79. The standard InChI is InChI=1S/C16H38O5Si4.C7H10O2/c1-15(16(17)18)13-11-12-14-25(19-22(2,3)4,20-23(5,6)7)21-24(8,9)10;1-3-4-5-6(2)7(8)9/h1,11-14H2,2-10H3,(H,17,18);3H,1-2,4-5H2,(H,8,9). The molecule has 0 aliphatic rings. The zero-order valence-corrected chi connectivity index (χ0v) is 26.9. The van der Waals surface area contributed by atoms with E-state index in [0.717, 1.165) is 18.9 Å². The van der Waals surface area contributed by atoms with Gasteiger partial charge < -0.3 is 22.6 Å². The molecule has 0 unspecified atom stereocenters. The van der Waals surface area contributed by atoms with Crippen molar-refractivity contribution in [3.8, 4) is 0 Å². The normalized spacial score (nSPS) is 12.4. The second-order valence-corrected chi connectivity index (χ2v) is 28.2. The first-order chi connectivity index (χ1) is 15.1. The van der Waals surface area contributed by atoms with Crippen LogP contribution in [0.4, 0.5) is 0 Å². The molecule has 0 aromatic carbocycles. The molecule has 11 heteroatoms. The Morgan fingerprint density at radius 2 is 1.06 bits per heavy atom. The lowest BCUT2D eigenvalue weighted by Crippen LogP contribution is -2.60. The number of carbonyl (C=O) groups is 2. The SMILES string of the molecule is C=C(CCCC[Si](O[Si](C)(C)C)(O[Si](C)(C)C)O[Si](C)(C)C)C(=O)O.C=CCCC(=C)C(=O)O. The monoisotopic (exact) mass is 548 g/mol. The average Bonchev–Trinajstić information content (AvgIpc) is 2.58. The summed E-state index contributed by atoms with van der Waals surface area (Å²) in [5.41, 5.74) is 0.505. The molecule has 0 heterocycles. The van der Waals surface area contributed by atoms with E-state index in [9.17, 15) is 9.59 Å². The maximum atomic E-state index is 10.9. The zero-order chi connectivity index (χ0) is 27.4. The van der Waals surface area contributed by atoms with Crippen molar-refractivity contribution in [1.29, 1.82) is 0 Å². The molecule has 0 aromatic rings. The van der Waals surface area contributed by atoms with Crippen LogP contribution in [0.5, 0.6) is 0 Å². The number of carboxylic acids is 2. The van der Waals surface area contributed by atoms with Crippen molar-refractivity contribution in [2.24, 2.45) is 0 Å². The predicted octanol–water partition coefficient (Wildman–Crippen LogP) is 6.88. The minimum Gasteiger partial charge on any atom is -0.478 e. The van der Waals surface area contributed by atoms with E-state index in [2.05, 4.69) is 78.7 Å². The second kappa shape index (κ2) is 15.1. The fraction of sp³-hybridized carbons (Fsp3) is 0.652. The van der Waals surface area contributed by atoms with Gasteiger partial charge in [0.25, 0.3) is 0 Å². The van der Waals surface area contributed by atoms with Crippen molar-refractivity contribution in [2.45, 2.75) is 97.1 Å². The van der Waals surface area contributed by atoms with E-state index < -0.39 is 45.7 Å². The largest absolute Gasteiger partial charge is 0.478 e. The maximum absolute atomic E-state index is 10.9. The van der Waals surface area contributed by atoms with Gasteiger partial charge in [0.2, 0.25) is 0 Å². The van der Waals surface area contributed by atoms with Crippen LogP contribution in [-0.2, 0) is 21.9 Å². The summed E-state index contributed by atoms with van der Waals surface area (Å²) in [5.74, 6) is -1.84. The molecule has 0 rings (SSSR count). The lowest BCUT2D eigenvalue weighted by molar-refractivity contribution is -0.133. The van der Waals surface area contributed by atoms with Gasteiger partial charge in [0.1, 0.15) is 0 Å². The third kappa shape index (κ3) is 20.3. The topological polar surface area (TPSA) is 102 Å². The average molecular weight is 549 g/mol. The Morgan fingerprint density at radius 3 is 1.35 bits per heavy atom. The number of unbranched alkanes of at least 4 members (excludes halogenated alkanes) is 1. The highest BCUT2D eigenvalue weighted by Crippen LogP contribution is 2.30. The van der Waals surface area contributed by atoms with E-state index in [-0.39, 0.29) is 11.1 Å². The molecule has 0 amide bonds. The number of aliphatic carboxylic acids is 2. The molecular formula is C23H48O7Si4. The molecule has 7 nitrogen and oxygen atoms in total. The second-order valence-electron chi connectivity index (χ2n) is 11.2. The highest BCUT2D eigenvalue weighted by molar-refractivity contribution is 6.90. The fourth-order valence-corrected chi connectivity index (χ4v) is 17.5. The quantitative estimate of drug-likeness (QED) is 0.0937. The van der Waals surface area contributed by atoms with Crippen molar-refractivity contribution in [1.82, 2.24) is 0 Å². The molecule has 0 bridgehead atoms. The summed E-state index contributed by atoms with van der Waals surface area (Å²) in [6, 6.07) is 0.749. The van der Waals surface area contributed by atoms with E-state index in [1.165, 1.54) is 0 Å².